The molecule has 0 saturated heterocycles. The van der Waals surface area contributed by atoms with Crippen LogP contribution >= 0.6 is 12.2 Å². The zero-order chi connectivity index (χ0) is 30.8. The minimum atomic E-state index is -0.636. The highest BCUT2D eigenvalue weighted by atomic mass is 32.1. The van der Waals surface area contributed by atoms with Crippen molar-refractivity contribution in [3.8, 4) is 17.2 Å². The van der Waals surface area contributed by atoms with Crippen molar-refractivity contribution in [1.29, 1.82) is 0 Å². The molecule has 3 N–H and O–H groups in total. The van der Waals surface area contributed by atoms with E-state index in [0.717, 1.165) is 5.56 Å². The zero-order valence-corrected chi connectivity index (χ0v) is 24.6. The lowest BCUT2D eigenvalue weighted by atomic mass is 9.95. The molecule has 0 aromatic heterocycles. The third-order valence-corrected chi connectivity index (χ3v) is 6.47. The molecule has 0 bridgehead atoms. The molecule has 1 aliphatic rings. The third-order valence-electron chi connectivity index (χ3n) is 6.25. The number of hydrogen-bond acceptors (Lipinski definition) is 8. The van der Waals surface area contributed by atoms with E-state index in [4.69, 9.17) is 31.2 Å². The number of methoxy groups -OCH3 is 1. The zero-order valence-electron chi connectivity index (χ0n) is 23.8. The van der Waals surface area contributed by atoms with Crippen LogP contribution in [0.15, 0.2) is 83.1 Å². The fourth-order valence-corrected chi connectivity index (χ4v) is 4.51. The van der Waals surface area contributed by atoms with Gasteiger partial charge in [-0.1, -0.05) is 30.3 Å². The van der Waals surface area contributed by atoms with Gasteiger partial charge >= 0.3 is 5.97 Å². The van der Waals surface area contributed by atoms with E-state index < -0.39 is 17.9 Å². The van der Waals surface area contributed by atoms with Crippen LogP contribution in [0.25, 0.3) is 0 Å². The van der Waals surface area contributed by atoms with Crippen molar-refractivity contribution in [2.45, 2.75) is 26.5 Å². The predicted octanol–water partition coefficient (Wildman–Crippen LogP) is 4.30. The summed E-state index contributed by atoms with van der Waals surface area (Å²) in [5.74, 6) is 0.0570. The van der Waals surface area contributed by atoms with E-state index in [9.17, 15) is 14.0 Å². The number of ether oxygens (including phenoxy) is 4. The number of allylic oxidation sites excluding steroid dienone is 1. The van der Waals surface area contributed by atoms with Crippen molar-refractivity contribution in [2.75, 3.05) is 20.3 Å². The normalized spacial score (nSPS) is 14.5. The van der Waals surface area contributed by atoms with Crippen molar-refractivity contribution in [3.05, 3.63) is 101 Å². The maximum Gasteiger partial charge on any atom is 0.338 e. The molecule has 0 fully saturated rings. The van der Waals surface area contributed by atoms with Gasteiger partial charge in [0.25, 0.3) is 5.91 Å². The molecule has 1 aliphatic heterocycles. The average molecular weight is 607 g/mol. The maximum atomic E-state index is 13.1. The largest absolute Gasteiger partial charge is 0.493 e. The molecule has 0 saturated carbocycles. The molecule has 0 unspecified atom stereocenters. The molecule has 224 valence electrons. The van der Waals surface area contributed by atoms with Crippen LogP contribution in [0.1, 0.15) is 36.6 Å². The highest BCUT2D eigenvalue weighted by Crippen LogP contribution is 2.33. The molecule has 1 heterocycles. The molecule has 12 heteroatoms. The highest BCUT2D eigenvalue weighted by Gasteiger charge is 2.32. The molecule has 10 nitrogen and oxygen atoms in total. The number of amides is 1. The summed E-state index contributed by atoms with van der Waals surface area (Å²) >= 11 is 5.31. The maximum absolute atomic E-state index is 13.1. The van der Waals surface area contributed by atoms with Gasteiger partial charge in [-0.25, -0.2) is 14.6 Å². The first kappa shape index (κ1) is 31.0. The van der Waals surface area contributed by atoms with Crippen LogP contribution in [0.2, 0.25) is 0 Å². The average Bonchev–Trinajstić information content (AvgIpc) is 3.00. The predicted molar refractivity (Wildman–Crippen MR) is 162 cm³/mol. The van der Waals surface area contributed by atoms with Gasteiger partial charge in [-0.2, -0.15) is 5.10 Å². The monoisotopic (exact) mass is 606 g/mol. The third kappa shape index (κ3) is 8.29. The van der Waals surface area contributed by atoms with E-state index in [0.29, 0.717) is 44.8 Å². The first-order valence-corrected chi connectivity index (χ1v) is 13.7. The molecule has 3 aromatic rings. The van der Waals surface area contributed by atoms with Gasteiger partial charge in [0.05, 0.1) is 31.5 Å². The summed E-state index contributed by atoms with van der Waals surface area (Å²) in [4.78, 5) is 25.2. The number of hydrogen-bond donors (Lipinski definition) is 3. The number of para-hydroxylation sites is 1. The van der Waals surface area contributed by atoms with Crippen molar-refractivity contribution in [3.63, 3.8) is 0 Å². The van der Waals surface area contributed by atoms with Crippen LogP contribution in [0, 0.1) is 5.82 Å². The lowest BCUT2D eigenvalue weighted by Crippen LogP contribution is -2.45. The Balaban J connectivity index is 1.36. The topological polar surface area (TPSA) is 120 Å². The fourth-order valence-electron chi connectivity index (χ4n) is 4.24. The first-order valence-electron chi connectivity index (χ1n) is 13.3. The molecular formula is C31H31FN4O6S. The van der Waals surface area contributed by atoms with Gasteiger partial charge in [0.15, 0.2) is 23.2 Å². The summed E-state index contributed by atoms with van der Waals surface area (Å²) in [6, 6.07) is 17.6. The van der Waals surface area contributed by atoms with Gasteiger partial charge in [0.1, 0.15) is 18.2 Å². The molecule has 0 aliphatic carbocycles. The standard InChI is InChI=1S/C31H31FN4O6S/c1-4-40-30(38)28-19(2)34-31(43)35-29(28)23-7-5-6-8-24(23)42-18-27(37)36-33-16-21-11-14-25(26(15-21)39-3)41-17-20-9-12-22(32)13-10-20/h5-16,29H,4,17-18H2,1-3H3,(H,36,37)(H2,34,35,43)/t29-/m0/s1. The van der Waals surface area contributed by atoms with Gasteiger partial charge < -0.3 is 29.6 Å². The Bertz CT molecular complexity index is 1540. The number of carbonyl (C=O) groups is 2. The summed E-state index contributed by atoms with van der Waals surface area (Å²) in [7, 11) is 1.51. The van der Waals surface area contributed by atoms with E-state index >= 15 is 0 Å². The Morgan fingerprint density at radius 2 is 1.81 bits per heavy atom. The molecule has 3 aromatic carbocycles. The van der Waals surface area contributed by atoms with Crippen molar-refractivity contribution >= 4 is 35.4 Å². The first-order chi connectivity index (χ1) is 20.8. The second-order valence-corrected chi connectivity index (χ2v) is 9.64. The second kappa shape index (κ2) is 14.8. The van der Waals surface area contributed by atoms with E-state index in [2.05, 4.69) is 21.2 Å². The number of halogens is 1. The van der Waals surface area contributed by atoms with E-state index in [1.807, 2.05) is 0 Å². The molecule has 0 spiro atoms. The van der Waals surface area contributed by atoms with Crippen molar-refractivity contribution < 1.29 is 32.9 Å². The molecular weight excluding hydrogens is 575 g/mol. The van der Waals surface area contributed by atoms with Gasteiger partial charge in [-0.05, 0) is 73.6 Å². The van der Waals surface area contributed by atoms with E-state index in [1.165, 1.54) is 25.5 Å². The lowest BCUT2D eigenvalue weighted by Gasteiger charge is -2.30. The molecule has 1 amide bonds. The molecule has 4 rings (SSSR count). The van der Waals surface area contributed by atoms with E-state index in [-0.39, 0.29) is 25.6 Å². The summed E-state index contributed by atoms with van der Waals surface area (Å²) in [6.45, 7) is 3.59. The van der Waals surface area contributed by atoms with Crippen LogP contribution in [-0.2, 0) is 20.9 Å². The minimum absolute atomic E-state index is 0.216. The highest BCUT2D eigenvalue weighted by molar-refractivity contribution is 7.80. The van der Waals surface area contributed by atoms with E-state index in [1.54, 1.807) is 68.4 Å². The Morgan fingerprint density at radius 1 is 1.05 bits per heavy atom. The van der Waals surface area contributed by atoms with Crippen LogP contribution in [0.4, 0.5) is 4.39 Å². The smallest absolute Gasteiger partial charge is 0.338 e. The number of esters is 1. The van der Waals surface area contributed by atoms with Gasteiger partial charge in [0, 0.05) is 11.3 Å². The second-order valence-electron chi connectivity index (χ2n) is 9.24. The SMILES string of the molecule is CCOC(=O)C1=C(C)NC(=S)N[C@H]1c1ccccc1OCC(=O)NN=Cc1ccc(OCc2ccc(F)cc2)c(OC)c1. The Morgan fingerprint density at radius 3 is 2.56 bits per heavy atom. The molecule has 0 radical (unpaired) electrons. The quantitative estimate of drug-likeness (QED) is 0.120. The van der Waals surface area contributed by atoms with Gasteiger partial charge in [-0.3, -0.25) is 4.79 Å². The number of thiocarbonyl (C=S) groups is 1. The summed E-state index contributed by atoms with van der Waals surface area (Å²) in [5, 5.41) is 10.4. The fraction of sp³-hybridized carbons (Fsp3) is 0.226. The van der Waals surface area contributed by atoms with Crippen LogP contribution in [0.3, 0.4) is 0 Å². The van der Waals surface area contributed by atoms with Gasteiger partial charge in [-0.15, -0.1) is 0 Å². The number of rotatable bonds is 12. The Labute approximate surface area is 253 Å². The summed E-state index contributed by atoms with van der Waals surface area (Å²) < 4.78 is 35.4. The molecule has 43 heavy (non-hydrogen) atoms. The summed E-state index contributed by atoms with van der Waals surface area (Å²) in [6.07, 6.45) is 1.46. The number of hydrazone groups is 1. The minimum Gasteiger partial charge on any atom is -0.493 e. The van der Waals surface area contributed by atoms with Crippen LogP contribution < -0.4 is 30.3 Å². The number of nitrogens with zero attached hydrogens (tertiary/aromatic N) is 1. The molecule has 1 atom stereocenters. The summed E-state index contributed by atoms with van der Waals surface area (Å²) in [5.41, 5.74) is 5.44. The Hall–Kier alpha value is -4.97. The van der Waals surface area contributed by atoms with Crippen LogP contribution in [0.5, 0.6) is 17.2 Å². The Kier molecular flexibility index (Phi) is 10.6. The number of benzene rings is 3. The number of carbonyl (C=O) groups excluding carboxylic acids is 2. The number of nitrogens with one attached hydrogen (secondary N) is 3. The van der Waals surface area contributed by atoms with Gasteiger partial charge in [0.2, 0.25) is 0 Å². The van der Waals surface area contributed by atoms with Crippen molar-refractivity contribution in [1.82, 2.24) is 16.1 Å². The lowest BCUT2D eigenvalue weighted by molar-refractivity contribution is -0.139. The van der Waals surface area contributed by atoms with Crippen LogP contribution in [-0.4, -0.2) is 43.5 Å². The van der Waals surface area contributed by atoms with Crippen molar-refractivity contribution in [2.24, 2.45) is 5.10 Å².